The van der Waals surface area contributed by atoms with Gasteiger partial charge in [-0.05, 0) is 53.8 Å². The molecule has 0 radical (unpaired) electrons. The van der Waals surface area contributed by atoms with Crippen molar-refractivity contribution < 1.29 is 9.53 Å². The zero-order chi connectivity index (χ0) is 17.8. The van der Waals surface area contributed by atoms with Crippen molar-refractivity contribution in [3.8, 4) is 11.4 Å². The number of benzene rings is 1. The maximum Gasteiger partial charge on any atom is 0.233 e. The average molecular weight is 361 g/mol. The molecule has 0 spiro atoms. The van der Waals surface area contributed by atoms with Gasteiger partial charge >= 0.3 is 0 Å². The number of ether oxygens (including phenoxy) is 1. The Labute approximate surface area is 151 Å². The highest BCUT2D eigenvalue weighted by molar-refractivity contribution is 7.99. The summed E-state index contributed by atoms with van der Waals surface area (Å²) in [6.45, 7) is 5.88. The zero-order valence-electron chi connectivity index (χ0n) is 14.8. The Kier molecular flexibility index (Phi) is 5.57. The molecular weight excluding hydrogens is 338 g/mol. The second-order valence-electron chi connectivity index (χ2n) is 6.42. The van der Waals surface area contributed by atoms with E-state index in [4.69, 9.17) is 4.74 Å². The molecule has 2 aromatic rings. The van der Waals surface area contributed by atoms with E-state index in [1.54, 1.807) is 11.8 Å². The molecule has 1 aliphatic heterocycles. The van der Waals surface area contributed by atoms with Gasteiger partial charge < -0.3 is 9.64 Å². The molecule has 25 heavy (non-hydrogen) atoms. The first-order valence-corrected chi connectivity index (χ1v) is 9.41. The number of likely N-dealkylation sites (tertiary alicyclic amines) is 1. The van der Waals surface area contributed by atoms with Crippen LogP contribution >= 0.6 is 11.8 Å². The Morgan fingerprint density at radius 2 is 2.28 bits per heavy atom. The third-order valence-corrected chi connectivity index (χ3v) is 5.24. The Balaban J connectivity index is 1.72. The van der Waals surface area contributed by atoms with Gasteiger partial charge in [-0.2, -0.15) is 4.68 Å². The van der Waals surface area contributed by atoms with Crippen LogP contribution in [0, 0.1) is 12.8 Å². The van der Waals surface area contributed by atoms with Crippen LogP contribution in [0.4, 0.5) is 0 Å². The van der Waals surface area contributed by atoms with Crippen LogP contribution in [-0.2, 0) is 4.79 Å². The molecule has 3 rings (SSSR count). The molecule has 2 heterocycles. The summed E-state index contributed by atoms with van der Waals surface area (Å²) in [4.78, 5) is 14.4. The van der Waals surface area contributed by atoms with Crippen molar-refractivity contribution in [1.29, 1.82) is 0 Å². The molecule has 0 saturated carbocycles. The number of carbonyl (C=O) groups excluding carboxylic acids is 1. The Hall–Kier alpha value is -2.09. The van der Waals surface area contributed by atoms with Crippen LogP contribution in [-0.4, -0.2) is 57.0 Å². The molecule has 7 nitrogen and oxygen atoms in total. The minimum Gasteiger partial charge on any atom is -0.494 e. The second kappa shape index (κ2) is 7.86. The maximum absolute atomic E-state index is 12.5. The van der Waals surface area contributed by atoms with Gasteiger partial charge in [-0.25, -0.2) is 0 Å². The van der Waals surface area contributed by atoms with Crippen LogP contribution in [0.2, 0.25) is 0 Å². The van der Waals surface area contributed by atoms with Gasteiger partial charge in [0.05, 0.1) is 12.9 Å². The Bertz CT molecular complexity index is 748. The van der Waals surface area contributed by atoms with Crippen LogP contribution in [0.1, 0.15) is 25.3 Å². The number of methoxy groups -OCH3 is 1. The summed E-state index contributed by atoms with van der Waals surface area (Å²) >= 11 is 1.36. The summed E-state index contributed by atoms with van der Waals surface area (Å²) in [5.41, 5.74) is 1.86. The number of hydrogen-bond acceptors (Lipinski definition) is 6. The molecule has 8 heteroatoms. The minimum atomic E-state index is 0.141. The Morgan fingerprint density at radius 1 is 1.44 bits per heavy atom. The fraction of sp³-hybridized carbons (Fsp3) is 0.529. The molecule has 0 aliphatic carbocycles. The van der Waals surface area contributed by atoms with Gasteiger partial charge in [-0.3, -0.25) is 4.79 Å². The standard InChI is InChI=1S/C17H23N5O2S/c1-12-6-7-15(24-3)14(9-12)22-17(18-19-20-22)25-11-16(23)21-8-4-5-13(2)10-21/h6-7,9,13H,4-5,8,10-11H2,1-3H3. The van der Waals surface area contributed by atoms with Gasteiger partial charge in [0.1, 0.15) is 11.4 Å². The molecule has 1 unspecified atom stereocenters. The van der Waals surface area contributed by atoms with Crippen LogP contribution in [0.15, 0.2) is 23.4 Å². The lowest BCUT2D eigenvalue weighted by atomic mass is 10.0. The number of nitrogens with zero attached hydrogens (tertiary/aromatic N) is 5. The molecule has 134 valence electrons. The van der Waals surface area contributed by atoms with Crippen molar-refractivity contribution in [1.82, 2.24) is 25.1 Å². The summed E-state index contributed by atoms with van der Waals surface area (Å²) in [7, 11) is 1.62. The summed E-state index contributed by atoms with van der Waals surface area (Å²) < 4.78 is 7.04. The van der Waals surface area contributed by atoms with Gasteiger partial charge in [0, 0.05) is 13.1 Å². The Morgan fingerprint density at radius 3 is 3.04 bits per heavy atom. The first-order valence-electron chi connectivity index (χ1n) is 8.42. The number of hydrogen-bond donors (Lipinski definition) is 0. The summed E-state index contributed by atoms with van der Waals surface area (Å²) in [6.07, 6.45) is 2.28. The topological polar surface area (TPSA) is 73.1 Å². The van der Waals surface area contributed by atoms with E-state index in [-0.39, 0.29) is 5.91 Å². The van der Waals surface area contributed by atoms with E-state index in [2.05, 4.69) is 22.4 Å². The monoisotopic (exact) mass is 361 g/mol. The predicted molar refractivity (Wildman–Crippen MR) is 96.1 cm³/mol. The quantitative estimate of drug-likeness (QED) is 0.761. The van der Waals surface area contributed by atoms with Gasteiger partial charge in [0.25, 0.3) is 0 Å². The van der Waals surface area contributed by atoms with Crippen LogP contribution < -0.4 is 4.74 Å². The molecule has 1 aromatic carbocycles. The van der Waals surface area contributed by atoms with E-state index in [0.717, 1.165) is 30.8 Å². The highest BCUT2D eigenvalue weighted by atomic mass is 32.2. The number of tetrazole rings is 1. The second-order valence-corrected chi connectivity index (χ2v) is 7.37. The van der Waals surface area contributed by atoms with Crippen LogP contribution in [0.3, 0.4) is 0 Å². The van der Waals surface area contributed by atoms with E-state index in [1.807, 2.05) is 30.0 Å². The van der Waals surface area contributed by atoms with Crippen molar-refractivity contribution in [3.05, 3.63) is 23.8 Å². The van der Waals surface area contributed by atoms with E-state index >= 15 is 0 Å². The summed E-state index contributed by atoms with van der Waals surface area (Å²) in [5, 5.41) is 12.5. The fourth-order valence-electron chi connectivity index (χ4n) is 3.02. The van der Waals surface area contributed by atoms with Gasteiger partial charge in [0.15, 0.2) is 0 Å². The van der Waals surface area contributed by atoms with Gasteiger partial charge in [0.2, 0.25) is 11.1 Å². The minimum absolute atomic E-state index is 0.141. The number of rotatable bonds is 5. The first kappa shape index (κ1) is 17.7. The number of amides is 1. The smallest absolute Gasteiger partial charge is 0.233 e. The van der Waals surface area contributed by atoms with Crippen molar-refractivity contribution >= 4 is 17.7 Å². The van der Waals surface area contributed by atoms with Crippen LogP contribution in [0.25, 0.3) is 5.69 Å². The molecule has 1 atom stereocenters. The average Bonchev–Trinajstić information content (AvgIpc) is 3.08. The van der Waals surface area contributed by atoms with Gasteiger partial charge in [-0.1, -0.05) is 24.8 Å². The molecule has 1 fully saturated rings. The molecular formula is C17H23N5O2S. The third kappa shape index (κ3) is 4.12. The SMILES string of the molecule is COc1ccc(C)cc1-n1nnnc1SCC(=O)N1CCCC(C)C1. The highest BCUT2D eigenvalue weighted by Crippen LogP contribution is 2.27. The first-order chi connectivity index (χ1) is 12.1. The van der Waals surface area contributed by atoms with E-state index in [0.29, 0.717) is 22.6 Å². The summed E-state index contributed by atoms with van der Waals surface area (Å²) in [5.74, 6) is 1.74. The molecule has 1 saturated heterocycles. The molecule has 1 aromatic heterocycles. The van der Waals surface area contributed by atoms with Crippen molar-refractivity contribution in [2.24, 2.45) is 5.92 Å². The third-order valence-electron chi connectivity index (χ3n) is 4.34. The number of thioether (sulfide) groups is 1. The highest BCUT2D eigenvalue weighted by Gasteiger charge is 2.22. The molecule has 1 aliphatic rings. The molecule has 1 amide bonds. The van der Waals surface area contributed by atoms with Crippen LogP contribution in [0.5, 0.6) is 5.75 Å². The number of aromatic nitrogens is 4. The van der Waals surface area contributed by atoms with E-state index in [9.17, 15) is 4.79 Å². The van der Waals surface area contributed by atoms with Crippen molar-refractivity contribution in [2.75, 3.05) is 26.0 Å². The zero-order valence-corrected chi connectivity index (χ0v) is 15.6. The fourth-order valence-corrected chi connectivity index (χ4v) is 3.81. The normalized spacial score (nSPS) is 17.6. The predicted octanol–water partition coefficient (Wildman–Crippen LogP) is 2.33. The number of piperidine rings is 1. The van der Waals surface area contributed by atoms with Gasteiger partial charge in [-0.15, -0.1) is 5.10 Å². The summed E-state index contributed by atoms with van der Waals surface area (Å²) in [6, 6.07) is 5.83. The number of aryl methyl sites for hydroxylation is 1. The van der Waals surface area contributed by atoms with Crippen molar-refractivity contribution in [3.63, 3.8) is 0 Å². The lowest BCUT2D eigenvalue weighted by Crippen LogP contribution is -2.40. The largest absolute Gasteiger partial charge is 0.494 e. The lowest BCUT2D eigenvalue weighted by molar-refractivity contribution is -0.130. The molecule has 0 N–H and O–H groups in total. The maximum atomic E-state index is 12.5. The number of carbonyl (C=O) groups is 1. The van der Waals surface area contributed by atoms with E-state index < -0.39 is 0 Å². The lowest BCUT2D eigenvalue weighted by Gasteiger charge is -2.30. The van der Waals surface area contributed by atoms with Crippen molar-refractivity contribution in [2.45, 2.75) is 31.8 Å². The molecule has 0 bridgehead atoms. The van der Waals surface area contributed by atoms with E-state index in [1.165, 1.54) is 18.2 Å².